The first-order chi connectivity index (χ1) is 15.3. The molecule has 0 saturated heterocycles. The molecule has 0 aliphatic carbocycles. The van der Waals surface area contributed by atoms with Gasteiger partial charge in [-0.05, 0) is 82.9 Å². The predicted octanol–water partition coefficient (Wildman–Crippen LogP) is 6.02. The highest BCUT2D eigenvalue weighted by molar-refractivity contribution is 6.36. The minimum Gasteiger partial charge on any atom is -0.483 e. The van der Waals surface area contributed by atoms with Crippen molar-refractivity contribution in [1.29, 1.82) is 0 Å². The molecule has 0 spiro atoms. The normalized spacial score (nSPS) is 12.3. The third kappa shape index (κ3) is 7.38. The van der Waals surface area contributed by atoms with Gasteiger partial charge in [-0.3, -0.25) is 9.59 Å². The Morgan fingerprint density at radius 3 is 2.24 bits per heavy atom. The Labute approximate surface area is 207 Å². The van der Waals surface area contributed by atoms with Crippen LogP contribution < -0.4 is 10.1 Å². The quantitative estimate of drug-likeness (QED) is 0.489. The molecule has 0 aliphatic rings. The van der Waals surface area contributed by atoms with Crippen molar-refractivity contribution in [3.8, 4) is 5.75 Å². The lowest BCUT2D eigenvalue weighted by Gasteiger charge is -2.33. The fraction of sp³-hybridized carbons (Fsp3) is 0.462. The zero-order valence-corrected chi connectivity index (χ0v) is 22.0. The van der Waals surface area contributed by atoms with Gasteiger partial charge in [0, 0.05) is 27.7 Å². The van der Waals surface area contributed by atoms with Crippen molar-refractivity contribution in [2.45, 2.75) is 73.0 Å². The number of aryl methyl sites for hydroxylation is 2. The molecule has 0 aliphatic heterocycles. The summed E-state index contributed by atoms with van der Waals surface area (Å²) in [5.41, 5.74) is 3.28. The van der Waals surface area contributed by atoms with Crippen LogP contribution in [0, 0.1) is 20.8 Å². The van der Waals surface area contributed by atoms with E-state index in [2.05, 4.69) is 11.4 Å². The summed E-state index contributed by atoms with van der Waals surface area (Å²) in [5, 5.41) is 3.86. The molecule has 0 unspecified atom stereocenters. The number of carbonyl (C=O) groups excluding carboxylic acids is 2. The molecule has 2 aromatic rings. The molecule has 7 heteroatoms. The Morgan fingerprint density at radius 1 is 1.09 bits per heavy atom. The van der Waals surface area contributed by atoms with Crippen LogP contribution in [0.5, 0.6) is 5.75 Å². The lowest BCUT2D eigenvalue weighted by atomic mass is 10.1. The Morgan fingerprint density at radius 2 is 1.70 bits per heavy atom. The van der Waals surface area contributed by atoms with E-state index in [9.17, 15) is 9.59 Å². The Bertz CT molecular complexity index is 995. The van der Waals surface area contributed by atoms with Crippen LogP contribution in [0.15, 0.2) is 30.3 Å². The molecule has 0 bridgehead atoms. The van der Waals surface area contributed by atoms with Gasteiger partial charge in [-0.15, -0.1) is 0 Å². The standard InChI is InChI=1S/C26H34Cl2N2O3/c1-8-22(25(32)29-26(5,6)7)30(14-19-20(27)10-9-11-21(19)28)24(31)15-33-23-13-16(2)12-17(3)18(23)4/h9-13,22H,8,14-15H2,1-7H3,(H,29,32)/t22-/m0/s1. The molecular formula is C26H34Cl2N2O3. The average molecular weight is 493 g/mol. The maximum Gasteiger partial charge on any atom is 0.261 e. The number of nitrogens with zero attached hydrogens (tertiary/aromatic N) is 1. The van der Waals surface area contributed by atoms with Crippen LogP contribution in [0.1, 0.15) is 56.4 Å². The molecule has 2 rings (SSSR count). The highest BCUT2D eigenvalue weighted by Gasteiger charge is 2.31. The second kappa shape index (κ2) is 11.3. The van der Waals surface area contributed by atoms with E-state index in [4.69, 9.17) is 27.9 Å². The van der Waals surface area contributed by atoms with Crippen LogP contribution in [0.4, 0.5) is 0 Å². The van der Waals surface area contributed by atoms with E-state index in [0.29, 0.717) is 27.8 Å². The largest absolute Gasteiger partial charge is 0.483 e. The Hall–Kier alpha value is -2.24. The minimum atomic E-state index is -0.701. The lowest BCUT2D eigenvalue weighted by Crippen LogP contribution is -2.54. The topological polar surface area (TPSA) is 58.6 Å². The van der Waals surface area contributed by atoms with Crippen molar-refractivity contribution in [2.75, 3.05) is 6.61 Å². The van der Waals surface area contributed by atoms with E-state index in [0.717, 1.165) is 16.7 Å². The number of carbonyl (C=O) groups is 2. The molecule has 33 heavy (non-hydrogen) atoms. The van der Waals surface area contributed by atoms with Gasteiger partial charge in [0.1, 0.15) is 11.8 Å². The van der Waals surface area contributed by atoms with Gasteiger partial charge in [-0.2, -0.15) is 0 Å². The summed E-state index contributed by atoms with van der Waals surface area (Å²) in [4.78, 5) is 28.0. The van der Waals surface area contributed by atoms with Crippen LogP contribution in [0.2, 0.25) is 10.0 Å². The number of halogens is 2. The van der Waals surface area contributed by atoms with Gasteiger partial charge in [0.05, 0.1) is 0 Å². The Balaban J connectivity index is 2.36. The zero-order valence-electron chi connectivity index (χ0n) is 20.5. The van der Waals surface area contributed by atoms with Crippen LogP contribution in [0.25, 0.3) is 0 Å². The van der Waals surface area contributed by atoms with Gasteiger partial charge < -0.3 is 15.0 Å². The van der Waals surface area contributed by atoms with E-state index >= 15 is 0 Å². The van der Waals surface area contributed by atoms with Crippen molar-refractivity contribution < 1.29 is 14.3 Å². The molecule has 2 aromatic carbocycles. The molecule has 0 aromatic heterocycles. The van der Waals surface area contributed by atoms with Gasteiger partial charge >= 0.3 is 0 Å². The van der Waals surface area contributed by atoms with Gasteiger partial charge in [-0.1, -0.05) is 42.3 Å². The van der Waals surface area contributed by atoms with E-state index in [1.807, 2.05) is 54.5 Å². The molecule has 0 radical (unpaired) electrons. The van der Waals surface area contributed by atoms with Crippen molar-refractivity contribution in [3.05, 3.63) is 62.6 Å². The fourth-order valence-corrected chi connectivity index (χ4v) is 4.12. The van der Waals surface area contributed by atoms with Crippen molar-refractivity contribution >= 4 is 35.0 Å². The second-order valence-corrected chi connectivity index (χ2v) is 10.2. The fourth-order valence-electron chi connectivity index (χ4n) is 3.60. The summed E-state index contributed by atoms with van der Waals surface area (Å²) in [6.45, 7) is 13.4. The maximum atomic E-state index is 13.4. The molecule has 5 nitrogen and oxygen atoms in total. The third-order valence-corrected chi connectivity index (χ3v) is 6.10. The van der Waals surface area contributed by atoms with Gasteiger partial charge in [-0.25, -0.2) is 0 Å². The number of hydrogen-bond donors (Lipinski definition) is 1. The maximum absolute atomic E-state index is 13.4. The first-order valence-corrected chi connectivity index (χ1v) is 11.8. The molecule has 180 valence electrons. The average Bonchev–Trinajstić information content (AvgIpc) is 2.70. The summed E-state index contributed by atoms with van der Waals surface area (Å²) in [6, 6.07) is 8.46. The second-order valence-electron chi connectivity index (χ2n) is 9.38. The molecule has 0 heterocycles. The van der Waals surface area contributed by atoms with Crippen LogP contribution in [-0.4, -0.2) is 34.9 Å². The number of rotatable bonds is 8. The number of benzene rings is 2. The Kier molecular flexibility index (Phi) is 9.21. The van der Waals surface area contributed by atoms with E-state index in [-0.39, 0.29) is 25.0 Å². The predicted molar refractivity (Wildman–Crippen MR) is 135 cm³/mol. The van der Waals surface area contributed by atoms with Crippen molar-refractivity contribution in [2.24, 2.45) is 0 Å². The van der Waals surface area contributed by atoms with Crippen molar-refractivity contribution in [1.82, 2.24) is 10.2 Å². The summed E-state index contributed by atoms with van der Waals surface area (Å²) in [6.07, 6.45) is 0.429. The number of nitrogens with one attached hydrogen (secondary N) is 1. The summed E-state index contributed by atoms with van der Waals surface area (Å²) in [5.74, 6) is 0.105. The summed E-state index contributed by atoms with van der Waals surface area (Å²) >= 11 is 12.8. The number of ether oxygens (including phenoxy) is 1. The zero-order chi connectivity index (χ0) is 24.9. The van der Waals surface area contributed by atoms with Crippen LogP contribution >= 0.6 is 23.2 Å². The van der Waals surface area contributed by atoms with Crippen LogP contribution in [0.3, 0.4) is 0 Å². The lowest BCUT2D eigenvalue weighted by molar-refractivity contribution is -0.143. The van der Waals surface area contributed by atoms with Gasteiger partial charge in [0.2, 0.25) is 5.91 Å². The first kappa shape index (κ1) is 27.0. The van der Waals surface area contributed by atoms with E-state index < -0.39 is 11.6 Å². The smallest absolute Gasteiger partial charge is 0.261 e. The summed E-state index contributed by atoms with van der Waals surface area (Å²) < 4.78 is 5.93. The van der Waals surface area contributed by atoms with Gasteiger partial charge in [0.15, 0.2) is 6.61 Å². The van der Waals surface area contributed by atoms with E-state index in [1.54, 1.807) is 18.2 Å². The number of amides is 2. The monoisotopic (exact) mass is 492 g/mol. The molecule has 1 atom stereocenters. The van der Waals surface area contributed by atoms with Gasteiger partial charge in [0.25, 0.3) is 5.91 Å². The van der Waals surface area contributed by atoms with Crippen LogP contribution in [-0.2, 0) is 16.1 Å². The molecule has 0 saturated carbocycles. The molecular weight excluding hydrogens is 459 g/mol. The molecule has 1 N–H and O–H groups in total. The van der Waals surface area contributed by atoms with E-state index in [1.165, 1.54) is 4.90 Å². The summed E-state index contributed by atoms with van der Waals surface area (Å²) in [7, 11) is 0. The minimum absolute atomic E-state index is 0.0998. The highest BCUT2D eigenvalue weighted by Crippen LogP contribution is 2.28. The number of hydrogen-bond acceptors (Lipinski definition) is 3. The highest BCUT2D eigenvalue weighted by atomic mass is 35.5. The first-order valence-electron chi connectivity index (χ1n) is 11.1. The molecule has 2 amide bonds. The molecule has 0 fully saturated rings. The SMILES string of the molecule is CC[C@@H](C(=O)NC(C)(C)C)N(Cc1c(Cl)cccc1Cl)C(=O)COc1cc(C)cc(C)c1C. The van der Waals surface area contributed by atoms with Crippen molar-refractivity contribution in [3.63, 3.8) is 0 Å². The third-order valence-electron chi connectivity index (χ3n) is 5.39.